The molecule has 3 rings (SSSR count). The quantitative estimate of drug-likeness (QED) is 0.644. The minimum Gasteiger partial charge on any atom is -0.368 e. The van der Waals surface area contributed by atoms with Gasteiger partial charge in [0.25, 0.3) is 0 Å². The molecule has 1 aliphatic carbocycles. The van der Waals surface area contributed by atoms with Gasteiger partial charge >= 0.3 is 0 Å². The fraction of sp³-hybridized carbons (Fsp3) is 0.458. The van der Waals surface area contributed by atoms with Gasteiger partial charge in [-0.2, -0.15) is 0 Å². The fourth-order valence-electron chi connectivity index (χ4n) is 3.58. The normalized spacial score (nSPS) is 20.4. The maximum Gasteiger partial charge on any atom is 0.223 e. The van der Waals surface area contributed by atoms with Crippen molar-refractivity contribution in [1.82, 2.24) is 15.5 Å². The summed E-state index contributed by atoms with van der Waals surface area (Å²) in [5, 5.41) is 6.42. The molecule has 0 aromatic heterocycles. The molecule has 2 atom stereocenters. The summed E-state index contributed by atoms with van der Waals surface area (Å²) in [5.74, 6) is 0.984. The fourth-order valence-corrected chi connectivity index (χ4v) is 3.58. The highest BCUT2D eigenvalue weighted by molar-refractivity contribution is 5.77. The van der Waals surface area contributed by atoms with Crippen molar-refractivity contribution in [2.24, 2.45) is 5.92 Å². The highest BCUT2D eigenvalue weighted by Crippen LogP contribution is 2.23. The Morgan fingerprint density at radius 3 is 2.62 bits per heavy atom. The Balaban J connectivity index is 0.00000219. The molecule has 2 N–H and O–H groups in total. The average Bonchev–Trinajstić information content (AvgIpc) is 3.16. The lowest BCUT2D eigenvalue weighted by molar-refractivity contribution is -0.132. The van der Waals surface area contributed by atoms with Crippen LogP contribution in [0.1, 0.15) is 54.9 Å². The van der Waals surface area contributed by atoms with Crippen LogP contribution in [0.15, 0.2) is 60.6 Å². The van der Waals surface area contributed by atoms with E-state index in [1.807, 2.05) is 24.8 Å². The molecular formula is C24H38FN3O. The predicted molar refractivity (Wildman–Crippen MR) is 121 cm³/mol. The number of rotatable bonds is 7. The van der Waals surface area contributed by atoms with Crippen LogP contribution in [0.25, 0.3) is 0 Å². The Kier molecular flexibility index (Phi) is 8.97. The average molecular weight is 404 g/mol. The second-order valence-corrected chi connectivity index (χ2v) is 7.38. The Hall–Kier alpha value is -2.56. The molecule has 4 nitrogen and oxygen atoms in total. The zero-order valence-corrected chi connectivity index (χ0v) is 17.9. The predicted octanol–water partition coefficient (Wildman–Crippen LogP) is 5.36. The SMILES string of the molecule is C=C(NCc1ccc(F)cc1)NC1=CCC(CC(=O)N2CCCC2C)C=C1.CC.[HH].[HH]. The van der Waals surface area contributed by atoms with Crippen molar-refractivity contribution in [3.63, 3.8) is 0 Å². The van der Waals surface area contributed by atoms with Crippen molar-refractivity contribution < 1.29 is 12.0 Å². The smallest absolute Gasteiger partial charge is 0.223 e. The van der Waals surface area contributed by atoms with E-state index in [4.69, 9.17) is 0 Å². The third-order valence-electron chi connectivity index (χ3n) is 5.21. The second-order valence-electron chi connectivity index (χ2n) is 7.38. The number of carbonyl (C=O) groups is 1. The number of carbonyl (C=O) groups excluding carboxylic acids is 1. The van der Waals surface area contributed by atoms with Gasteiger partial charge < -0.3 is 15.5 Å². The van der Waals surface area contributed by atoms with E-state index < -0.39 is 0 Å². The molecule has 2 aliphatic rings. The maximum atomic E-state index is 12.9. The zero-order valence-electron chi connectivity index (χ0n) is 17.9. The minimum atomic E-state index is -0.236. The number of likely N-dealkylation sites (tertiary alicyclic amines) is 1. The number of amides is 1. The van der Waals surface area contributed by atoms with Gasteiger partial charge in [-0.25, -0.2) is 4.39 Å². The van der Waals surface area contributed by atoms with E-state index in [1.54, 1.807) is 12.1 Å². The summed E-state index contributed by atoms with van der Waals surface area (Å²) in [4.78, 5) is 14.5. The topological polar surface area (TPSA) is 44.4 Å². The van der Waals surface area contributed by atoms with Crippen LogP contribution in [0.3, 0.4) is 0 Å². The first-order chi connectivity index (χ1) is 14.0. The third kappa shape index (κ3) is 7.08. The van der Waals surface area contributed by atoms with Crippen LogP contribution in [0.4, 0.5) is 4.39 Å². The van der Waals surface area contributed by atoms with Crippen molar-refractivity contribution in [3.8, 4) is 0 Å². The van der Waals surface area contributed by atoms with Crippen molar-refractivity contribution >= 4 is 5.91 Å². The molecule has 0 spiro atoms. The molecule has 1 aliphatic heterocycles. The van der Waals surface area contributed by atoms with Crippen molar-refractivity contribution in [1.29, 1.82) is 0 Å². The molecule has 1 aromatic rings. The van der Waals surface area contributed by atoms with E-state index in [1.165, 1.54) is 12.1 Å². The Morgan fingerprint density at radius 2 is 2.03 bits per heavy atom. The van der Waals surface area contributed by atoms with Crippen LogP contribution < -0.4 is 10.6 Å². The number of nitrogens with zero attached hydrogens (tertiary/aromatic N) is 1. The van der Waals surface area contributed by atoms with Gasteiger partial charge in [0, 0.05) is 34.1 Å². The summed E-state index contributed by atoms with van der Waals surface area (Å²) >= 11 is 0. The molecule has 0 radical (unpaired) electrons. The Morgan fingerprint density at radius 1 is 1.31 bits per heavy atom. The van der Waals surface area contributed by atoms with Gasteiger partial charge in [0.1, 0.15) is 5.82 Å². The Labute approximate surface area is 177 Å². The molecule has 0 saturated carbocycles. The van der Waals surface area contributed by atoms with Gasteiger partial charge in [0.2, 0.25) is 5.91 Å². The van der Waals surface area contributed by atoms with Crippen LogP contribution in [0, 0.1) is 11.7 Å². The lowest BCUT2D eigenvalue weighted by Crippen LogP contribution is -2.34. The lowest BCUT2D eigenvalue weighted by atomic mass is 9.95. The lowest BCUT2D eigenvalue weighted by Gasteiger charge is -2.24. The van der Waals surface area contributed by atoms with Gasteiger partial charge in [-0.1, -0.05) is 44.7 Å². The molecule has 1 saturated heterocycles. The van der Waals surface area contributed by atoms with Crippen LogP contribution >= 0.6 is 0 Å². The van der Waals surface area contributed by atoms with Crippen LogP contribution in [-0.2, 0) is 11.3 Å². The molecule has 1 amide bonds. The number of nitrogens with one attached hydrogen (secondary N) is 2. The molecule has 1 heterocycles. The third-order valence-corrected chi connectivity index (χ3v) is 5.21. The van der Waals surface area contributed by atoms with Crippen molar-refractivity contribution in [2.75, 3.05) is 6.54 Å². The molecule has 1 fully saturated rings. The molecule has 29 heavy (non-hydrogen) atoms. The second kappa shape index (κ2) is 11.4. The van der Waals surface area contributed by atoms with E-state index in [0.717, 1.165) is 37.1 Å². The zero-order chi connectivity index (χ0) is 21.2. The van der Waals surface area contributed by atoms with Gasteiger partial charge in [-0.05, 0) is 55.9 Å². The Bertz CT molecular complexity index is 750. The van der Waals surface area contributed by atoms with Gasteiger partial charge in [0.15, 0.2) is 0 Å². The summed E-state index contributed by atoms with van der Waals surface area (Å²) in [7, 11) is 0. The van der Waals surface area contributed by atoms with Crippen molar-refractivity contribution in [2.45, 2.75) is 59.0 Å². The first-order valence-corrected chi connectivity index (χ1v) is 10.6. The van der Waals surface area contributed by atoms with Crippen LogP contribution in [0.2, 0.25) is 0 Å². The largest absolute Gasteiger partial charge is 0.368 e. The molecule has 2 unspecified atom stereocenters. The monoisotopic (exact) mass is 403 g/mol. The van der Waals surface area contributed by atoms with Gasteiger partial charge in [0.05, 0.1) is 5.82 Å². The van der Waals surface area contributed by atoms with Crippen molar-refractivity contribution in [3.05, 3.63) is 72.0 Å². The number of allylic oxidation sites excluding steroid dienone is 3. The molecular weight excluding hydrogens is 365 g/mol. The number of halogens is 1. The van der Waals surface area contributed by atoms with Crippen LogP contribution in [-0.4, -0.2) is 23.4 Å². The molecule has 0 bridgehead atoms. The molecule has 1 aromatic carbocycles. The van der Waals surface area contributed by atoms with Crippen LogP contribution in [0.5, 0.6) is 0 Å². The highest BCUT2D eigenvalue weighted by atomic mass is 19.1. The first kappa shape index (κ1) is 22.7. The molecule has 5 heteroatoms. The summed E-state index contributed by atoms with van der Waals surface area (Å²) in [5.41, 5.74) is 1.96. The number of hydrogen-bond acceptors (Lipinski definition) is 3. The summed E-state index contributed by atoms with van der Waals surface area (Å²) in [6, 6.07) is 6.78. The summed E-state index contributed by atoms with van der Waals surface area (Å²) in [6.45, 7) is 11.6. The van der Waals surface area contributed by atoms with E-state index in [2.05, 4.69) is 36.3 Å². The first-order valence-electron chi connectivity index (χ1n) is 10.6. The van der Waals surface area contributed by atoms with Gasteiger partial charge in [-0.3, -0.25) is 4.79 Å². The van der Waals surface area contributed by atoms with E-state index >= 15 is 0 Å². The van der Waals surface area contributed by atoms with Gasteiger partial charge in [-0.15, -0.1) is 0 Å². The summed E-state index contributed by atoms with van der Waals surface area (Å²) in [6.07, 6.45) is 9.89. The minimum absolute atomic E-state index is 0. The van der Waals surface area contributed by atoms with E-state index in [-0.39, 0.29) is 20.5 Å². The number of benzene rings is 1. The summed E-state index contributed by atoms with van der Waals surface area (Å²) < 4.78 is 12.9. The van der Waals surface area contributed by atoms with E-state index in [0.29, 0.717) is 24.8 Å². The highest BCUT2D eigenvalue weighted by Gasteiger charge is 2.26. The standard InChI is InChI=1S/C22H28FN3O.C2H6.2H2/c1-16-4-3-13-26(16)22(27)14-18-7-11-21(12-8-18)25-17(2)24-15-19-5-9-20(23)10-6-19;1-2;;/h5-7,9-12,16,18,24-25H,2-4,8,13-15H2,1H3;1-2H3;2*1H. The van der Waals surface area contributed by atoms with E-state index in [9.17, 15) is 9.18 Å². The molecule has 162 valence electrons. The maximum absolute atomic E-state index is 12.9. The number of hydrogen-bond donors (Lipinski definition) is 2.